The van der Waals surface area contributed by atoms with Gasteiger partial charge < -0.3 is 19.3 Å². The number of ether oxygens (including phenoxy) is 1. The molecule has 2 aromatic heterocycles. The van der Waals surface area contributed by atoms with Crippen LogP contribution >= 0.6 is 0 Å². The zero-order valence-electron chi connectivity index (χ0n) is 20.6. The Bertz CT molecular complexity index is 1220. The average molecular weight is 504 g/mol. The summed E-state index contributed by atoms with van der Waals surface area (Å²) in [5.74, 6) is -0.316. The molecule has 10 nitrogen and oxygen atoms in total. The first-order valence-corrected chi connectivity index (χ1v) is 13.3. The van der Waals surface area contributed by atoms with Crippen molar-refractivity contribution in [3.63, 3.8) is 0 Å². The zero-order chi connectivity index (χ0) is 25.3. The van der Waals surface area contributed by atoms with Crippen molar-refractivity contribution in [3.8, 4) is 5.88 Å². The van der Waals surface area contributed by atoms with Gasteiger partial charge in [0.1, 0.15) is 11.7 Å². The van der Waals surface area contributed by atoms with Gasteiger partial charge in [0, 0.05) is 39.0 Å². The van der Waals surface area contributed by atoms with Crippen LogP contribution in [-0.2, 0) is 17.1 Å². The van der Waals surface area contributed by atoms with E-state index in [4.69, 9.17) is 4.74 Å². The number of carbonyl (C=O) groups excluding carboxylic acids is 1. The second-order valence-corrected chi connectivity index (χ2v) is 11.5. The Kier molecular flexibility index (Phi) is 7.30. The molecule has 0 bridgehead atoms. The third kappa shape index (κ3) is 5.12. The molecule has 11 heteroatoms. The van der Waals surface area contributed by atoms with Gasteiger partial charge >= 0.3 is 0 Å². The fourth-order valence-electron chi connectivity index (χ4n) is 4.46. The monoisotopic (exact) mass is 503 g/mol. The quantitative estimate of drug-likeness (QED) is 0.613. The highest BCUT2D eigenvalue weighted by molar-refractivity contribution is 7.89. The number of nitrogens with zero attached hydrogens (tertiary/aromatic N) is 5. The molecule has 35 heavy (non-hydrogen) atoms. The largest absolute Gasteiger partial charge is 0.472 e. The molecular formula is C24H33N5O5S. The molecule has 1 amide bonds. The Balaban J connectivity index is 1.68. The number of hydrogen-bond acceptors (Lipinski definition) is 7. The number of rotatable bonds is 7. The number of likely N-dealkylation sites (N-methyl/N-ethyl adjacent to an activating group) is 1. The van der Waals surface area contributed by atoms with Crippen LogP contribution in [0.15, 0.2) is 35.9 Å². The minimum Gasteiger partial charge on any atom is -0.472 e. The highest BCUT2D eigenvalue weighted by atomic mass is 32.2. The Labute approximate surface area is 206 Å². The lowest BCUT2D eigenvalue weighted by Gasteiger charge is -2.37. The first-order chi connectivity index (χ1) is 16.6. The van der Waals surface area contributed by atoms with Crippen LogP contribution in [-0.4, -0.2) is 82.1 Å². The number of carbonyl (C=O) groups is 1. The van der Waals surface area contributed by atoms with Crippen LogP contribution in [0.1, 0.15) is 49.0 Å². The smallest absolute Gasteiger partial charge is 0.261 e. The van der Waals surface area contributed by atoms with E-state index in [1.807, 2.05) is 6.92 Å². The van der Waals surface area contributed by atoms with Crippen LogP contribution in [0.25, 0.3) is 5.57 Å². The summed E-state index contributed by atoms with van der Waals surface area (Å²) in [4.78, 5) is 23.6. The van der Waals surface area contributed by atoms with E-state index in [0.29, 0.717) is 12.1 Å². The van der Waals surface area contributed by atoms with Crippen LogP contribution < -0.4 is 4.74 Å². The molecule has 2 aliphatic rings. The highest BCUT2D eigenvalue weighted by Crippen LogP contribution is 2.32. The predicted octanol–water partition coefficient (Wildman–Crippen LogP) is 1.92. The maximum absolute atomic E-state index is 13.5. The van der Waals surface area contributed by atoms with E-state index >= 15 is 0 Å². The fraction of sp³-hybridized carbons (Fsp3) is 0.542. The zero-order valence-corrected chi connectivity index (χ0v) is 21.4. The van der Waals surface area contributed by atoms with E-state index < -0.39 is 22.2 Å². The number of fused-ring (bicyclic) bond motifs is 1. The second-order valence-electron chi connectivity index (χ2n) is 9.48. The Morgan fingerprint density at radius 3 is 2.74 bits per heavy atom. The minimum absolute atomic E-state index is 0.0419. The van der Waals surface area contributed by atoms with Gasteiger partial charge in [-0.1, -0.05) is 13.0 Å². The maximum atomic E-state index is 13.5. The summed E-state index contributed by atoms with van der Waals surface area (Å²) in [5, 5.41) is 9.79. The Morgan fingerprint density at radius 2 is 2.11 bits per heavy atom. The molecule has 4 rings (SSSR count). The van der Waals surface area contributed by atoms with Crippen molar-refractivity contribution in [2.45, 2.75) is 50.3 Å². The van der Waals surface area contributed by atoms with Crippen LogP contribution in [0, 0.1) is 5.92 Å². The molecular weight excluding hydrogens is 470 g/mol. The first kappa shape index (κ1) is 25.3. The predicted molar refractivity (Wildman–Crippen MR) is 130 cm³/mol. The summed E-state index contributed by atoms with van der Waals surface area (Å²) in [6, 6.07) is 1.39. The molecule has 0 radical (unpaired) electrons. The van der Waals surface area contributed by atoms with Gasteiger partial charge in [0.25, 0.3) is 15.9 Å². The molecule has 3 heterocycles. The van der Waals surface area contributed by atoms with Gasteiger partial charge in [-0.15, -0.1) is 0 Å². The highest BCUT2D eigenvalue weighted by Gasteiger charge is 2.36. The topological polar surface area (TPSA) is 118 Å². The van der Waals surface area contributed by atoms with Gasteiger partial charge in [-0.05, 0) is 43.4 Å². The summed E-state index contributed by atoms with van der Waals surface area (Å²) < 4.78 is 35.2. The van der Waals surface area contributed by atoms with E-state index in [-0.39, 0.29) is 35.9 Å². The molecule has 0 fully saturated rings. The molecule has 0 aromatic carbocycles. The molecule has 0 saturated heterocycles. The third-order valence-corrected chi connectivity index (χ3v) is 8.43. The van der Waals surface area contributed by atoms with Gasteiger partial charge in [-0.25, -0.2) is 18.4 Å². The van der Waals surface area contributed by atoms with Crippen molar-refractivity contribution >= 4 is 21.5 Å². The first-order valence-electron chi connectivity index (χ1n) is 11.8. The number of aryl methyl sites for hydroxylation is 1. The van der Waals surface area contributed by atoms with Crippen LogP contribution in [0.5, 0.6) is 5.88 Å². The van der Waals surface area contributed by atoms with E-state index in [9.17, 15) is 18.3 Å². The average Bonchev–Trinajstić information content (AvgIpc) is 3.53. The molecule has 1 N–H and O–H groups in total. The number of allylic oxidation sites excluding steroid dienone is 2. The van der Waals surface area contributed by atoms with E-state index in [0.717, 1.165) is 30.4 Å². The number of hydrogen-bond donors (Lipinski definition) is 1. The van der Waals surface area contributed by atoms with Crippen LogP contribution in [0.2, 0.25) is 0 Å². The number of pyridine rings is 1. The standard InChI is InChI=1S/C24H33N5O5S/c1-16-11-29(17(2)14-30)24(31)20-9-19(18-7-5-6-8-18)10-25-23(20)34-21(16)12-28(4)35(32,33)22-13-27(3)15-26-22/h7,9-10,13,15-17,21,30H,5-6,8,11-12,14H2,1-4H3/t16-,17-,21+/m1/s1. The van der Waals surface area contributed by atoms with Gasteiger partial charge in [-0.2, -0.15) is 4.31 Å². The van der Waals surface area contributed by atoms with E-state index in [2.05, 4.69) is 16.0 Å². The Hall–Kier alpha value is -2.76. The normalized spacial score (nSPS) is 21.8. The second kappa shape index (κ2) is 10.1. The SMILES string of the molecule is C[C@@H]1CN([C@H](C)CO)C(=O)c2cc(C3=CCCC3)cnc2O[C@H]1CN(C)S(=O)(=O)c1cn(C)cn1. The summed E-state index contributed by atoms with van der Waals surface area (Å²) in [6.45, 7) is 3.85. The third-order valence-electron chi connectivity index (χ3n) is 6.73. The number of aliphatic hydroxyl groups is 1. The summed E-state index contributed by atoms with van der Waals surface area (Å²) in [6.07, 6.45) is 9.18. The maximum Gasteiger partial charge on any atom is 0.261 e. The van der Waals surface area contributed by atoms with Crippen LogP contribution in [0.3, 0.4) is 0 Å². The summed E-state index contributed by atoms with van der Waals surface area (Å²) in [5.41, 5.74) is 2.36. The van der Waals surface area contributed by atoms with Crippen molar-refractivity contribution in [1.29, 1.82) is 0 Å². The minimum atomic E-state index is -3.83. The van der Waals surface area contributed by atoms with Gasteiger partial charge in [-0.3, -0.25) is 4.79 Å². The molecule has 190 valence electrons. The molecule has 1 aliphatic heterocycles. The number of amides is 1. The molecule has 3 atom stereocenters. The number of imidazole rings is 1. The van der Waals surface area contributed by atoms with Gasteiger partial charge in [0.15, 0.2) is 5.03 Å². The number of aromatic nitrogens is 3. The lowest BCUT2D eigenvalue weighted by Crippen LogP contribution is -2.50. The van der Waals surface area contributed by atoms with Crippen molar-refractivity contribution in [1.82, 2.24) is 23.7 Å². The summed E-state index contributed by atoms with van der Waals surface area (Å²) in [7, 11) is -0.634. The fourth-order valence-corrected chi connectivity index (χ4v) is 5.60. The lowest BCUT2D eigenvalue weighted by molar-refractivity contribution is 0.0373. The molecule has 0 unspecified atom stereocenters. The van der Waals surface area contributed by atoms with Crippen molar-refractivity contribution < 1.29 is 23.1 Å². The number of aliphatic hydroxyl groups excluding tert-OH is 1. The van der Waals surface area contributed by atoms with E-state index in [1.54, 1.807) is 35.7 Å². The molecule has 1 aliphatic carbocycles. The van der Waals surface area contributed by atoms with Crippen molar-refractivity contribution in [2.24, 2.45) is 13.0 Å². The van der Waals surface area contributed by atoms with Crippen LogP contribution in [0.4, 0.5) is 0 Å². The number of sulfonamides is 1. The van der Waals surface area contributed by atoms with Crippen molar-refractivity contribution in [3.05, 3.63) is 42.0 Å². The van der Waals surface area contributed by atoms with Gasteiger partial charge in [0.05, 0.1) is 25.5 Å². The summed E-state index contributed by atoms with van der Waals surface area (Å²) >= 11 is 0. The lowest BCUT2D eigenvalue weighted by atomic mass is 9.99. The van der Waals surface area contributed by atoms with E-state index in [1.165, 1.54) is 23.9 Å². The van der Waals surface area contributed by atoms with Gasteiger partial charge in [0.2, 0.25) is 5.88 Å². The molecule has 0 saturated carbocycles. The molecule has 2 aromatic rings. The molecule has 0 spiro atoms. The Morgan fingerprint density at radius 1 is 1.34 bits per heavy atom. The van der Waals surface area contributed by atoms with Crippen molar-refractivity contribution in [2.75, 3.05) is 26.7 Å².